The summed E-state index contributed by atoms with van der Waals surface area (Å²) in [7, 11) is 0. The van der Waals surface area contributed by atoms with Crippen LogP contribution in [-0.4, -0.2) is 47.6 Å². The number of halogens is 1. The van der Waals surface area contributed by atoms with Gasteiger partial charge in [0.1, 0.15) is 11.4 Å². The fraction of sp³-hybridized carbons (Fsp3) is 0.421. The third-order valence-electron chi connectivity index (χ3n) is 4.99. The maximum Gasteiger partial charge on any atom is 0.263 e. The predicted octanol–water partition coefficient (Wildman–Crippen LogP) is 2.15. The van der Waals surface area contributed by atoms with Gasteiger partial charge in [-0.3, -0.25) is 14.8 Å². The quantitative estimate of drug-likeness (QED) is 0.604. The summed E-state index contributed by atoms with van der Waals surface area (Å²) in [4.78, 5) is 26.0. The van der Waals surface area contributed by atoms with E-state index in [1.165, 1.54) is 6.21 Å². The van der Waals surface area contributed by atoms with E-state index < -0.39 is 6.10 Å². The summed E-state index contributed by atoms with van der Waals surface area (Å²) in [5.74, 6) is 0.832. The lowest BCUT2D eigenvalue weighted by atomic mass is 10.0. The number of aromatic nitrogens is 2. The zero-order valence-corrected chi connectivity index (χ0v) is 16.9. The molecule has 2 aliphatic rings. The number of morpholine rings is 1. The fourth-order valence-corrected chi connectivity index (χ4v) is 3.60. The Kier molecular flexibility index (Phi) is 5.47. The highest BCUT2D eigenvalue weighted by molar-refractivity contribution is 9.10. The van der Waals surface area contributed by atoms with E-state index in [9.17, 15) is 9.90 Å². The van der Waals surface area contributed by atoms with E-state index in [4.69, 9.17) is 10.5 Å². The van der Waals surface area contributed by atoms with Crippen molar-refractivity contribution in [2.24, 2.45) is 10.9 Å². The molecule has 4 rings (SSSR count). The standard InChI is InChI=1S/C19H22BrN5O3/c20-12-3-4-15(13(9-12)16(26)11-1-2-11)22-10-14-17(21)23-19(24-18(14)27)25-5-7-28-8-6-25/h3-4,9-11,16,26H,1-2,5-8H2,(H3,21,23,24,27). The zero-order valence-electron chi connectivity index (χ0n) is 15.3. The summed E-state index contributed by atoms with van der Waals surface area (Å²) in [6.07, 6.45) is 2.87. The van der Waals surface area contributed by atoms with Crippen molar-refractivity contribution < 1.29 is 9.84 Å². The normalized spacial score (nSPS) is 18.6. The van der Waals surface area contributed by atoms with E-state index in [1.807, 2.05) is 17.0 Å². The van der Waals surface area contributed by atoms with E-state index in [0.717, 1.165) is 22.9 Å². The molecular formula is C19H22BrN5O3. The second-order valence-electron chi connectivity index (χ2n) is 7.03. The van der Waals surface area contributed by atoms with Crippen LogP contribution in [0.15, 0.2) is 32.5 Å². The van der Waals surface area contributed by atoms with Crippen LogP contribution in [0.1, 0.15) is 30.1 Å². The molecule has 1 aromatic carbocycles. The molecule has 2 heterocycles. The smallest absolute Gasteiger partial charge is 0.263 e. The molecule has 9 heteroatoms. The topological polar surface area (TPSA) is 117 Å². The molecular weight excluding hydrogens is 426 g/mol. The molecule has 4 N–H and O–H groups in total. The molecule has 0 radical (unpaired) electrons. The highest BCUT2D eigenvalue weighted by atomic mass is 79.9. The molecule has 0 amide bonds. The van der Waals surface area contributed by atoms with Gasteiger partial charge in [-0.15, -0.1) is 0 Å². The monoisotopic (exact) mass is 447 g/mol. The summed E-state index contributed by atoms with van der Waals surface area (Å²) >= 11 is 3.44. The van der Waals surface area contributed by atoms with Gasteiger partial charge in [0.25, 0.3) is 5.56 Å². The number of aromatic amines is 1. The fourth-order valence-electron chi connectivity index (χ4n) is 3.22. The molecule has 28 heavy (non-hydrogen) atoms. The Morgan fingerprint density at radius 2 is 2.14 bits per heavy atom. The van der Waals surface area contributed by atoms with Gasteiger partial charge in [-0.25, -0.2) is 0 Å². The van der Waals surface area contributed by atoms with Crippen molar-refractivity contribution in [3.05, 3.63) is 44.2 Å². The molecule has 1 atom stereocenters. The molecule has 1 aliphatic carbocycles. The van der Waals surface area contributed by atoms with Gasteiger partial charge in [0.05, 0.1) is 25.0 Å². The third kappa shape index (κ3) is 4.11. The minimum absolute atomic E-state index is 0.121. The highest BCUT2D eigenvalue weighted by Gasteiger charge is 2.32. The number of hydrogen-bond acceptors (Lipinski definition) is 7. The van der Waals surface area contributed by atoms with E-state index in [-0.39, 0.29) is 22.9 Å². The van der Waals surface area contributed by atoms with Crippen molar-refractivity contribution in [1.29, 1.82) is 0 Å². The van der Waals surface area contributed by atoms with Gasteiger partial charge in [-0.2, -0.15) is 4.98 Å². The molecule has 148 valence electrons. The number of anilines is 2. The molecule has 0 bridgehead atoms. The summed E-state index contributed by atoms with van der Waals surface area (Å²) in [6.45, 7) is 2.47. The molecule has 1 aromatic heterocycles. The number of benzene rings is 1. The Morgan fingerprint density at radius 3 is 2.82 bits per heavy atom. The van der Waals surface area contributed by atoms with Crippen LogP contribution in [0.4, 0.5) is 17.5 Å². The maximum atomic E-state index is 12.5. The van der Waals surface area contributed by atoms with Gasteiger partial charge >= 0.3 is 0 Å². The Balaban J connectivity index is 1.62. The SMILES string of the molecule is Nc1nc(N2CCOCC2)[nH]c(=O)c1C=Nc1ccc(Br)cc1C(O)C1CC1. The molecule has 8 nitrogen and oxygen atoms in total. The van der Waals surface area contributed by atoms with Gasteiger partial charge in [0, 0.05) is 29.3 Å². The van der Waals surface area contributed by atoms with Gasteiger partial charge in [0.15, 0.2) is 0 Å². The van der Waals surface area contributed by atoms with Crippen LogP contribution in [0.5, 0.6) is 0 Å². The summed E-state index contributed by atoms with van der Waals surface area (Å²) in [6, 6.07) is 5.52. The van der Waals surface area contributed by atoms with Crippen LogP contribution in [0.3, 0.4) is 0 Å². The minimum atomic E-state index is -0.567. The first-order valence-electron chi connectivity index (χ1n) is 9.27. The van der Waals surface area contributed by atoms with Gasteiger partial charge in [-0.05, 0) is 37.0 Å². The number of nitrogens with zero attached hydrogens (tertiary/aromatic N) is 3. The number of ether oxygens (including phenoxy) is 1. The Morgan fingerprint density at radius 1 is 1.39 bits per heavy atom. The van der Waals surface area contributed by atoms with Crippen LogP contribution in [0, 0.1) is 5.92 Å². The highest BCUT2D eigenvalue weighted by Crippen LogP contribution is 2.44. The second-order valence-corrected chi connectivity index (χ2v) is 7.95. The largest absolute Gasteiger partial charge is 0.388 e. The van der Waals surface area contributed by atoms with E-state index >= 15 is 0 Å². The van der Waals surface area contributed by atoms with Crippen LogP contribution in [0.25, 0.3) is 0 Å². The molecule has 1 saturated heterocycles. The van der Waals surface area contributed by atoms with Crippen LogP contribution < -0.4 is 16.2 Å². The first kappa shape index (κ1) is 19.1. The Hall–Kier alpha value is -2.23. The van der Waals surface area contributed by atoms with E-state index in [2.05, 4.69) is 30.9 Å². The van der Waals surface area contributed by atoms with Gasteiger partial charge in [-0.1, -0.05) is 15.9 Å². The molecule has 2 fully saturated rings. The molecule has 2 aromatic rings. The number of aliphatic imine (C=N–C) groups is 1. The molecule has 1 saturated carbocycles. The van der Waals surface area contributed by atoms with Crippen molar-refractivity contribution in [3.8, 4) is 0 Å². The average molecular weight is 448 g/mol. The van der Waals surface area contributed by atoms with Crippen LogP contribution in [-0.2, 0) is 4.74 Å². The Labute approximate surface area is 170 Å². The zero-order chi connectivity index (χ0) is 19.7. The Bertz CT molecular complexity index is 951. The summed E-state index contributed by atoms with van der Waals surface area (Å²) < 4.78 is 6.19. The van der Waals surface area contributed by atoms with Crippen molar-refractivity contribution in [2.75, 3.05) is 36.9 Å². The number of aliphatic hydroxyl groups excluding tert-OH is 1. The number of aliphatic hydroxyl groups is 1. The molecule has 0 spiro atoms. The number of nitrogen functional groups attached to an aromatic ring is 1. The van der Waals surface area contributed by atoms with Crippen LogP contribution in [0.2, 0.25) is 0 Å². The number of hydrogen-bond donors (Lipinski definition) is 3. The number of nitrogens with one attached hydrogen (secondary N) is 1. The predicted molar refractivity (Wildman–Crippen MR) is 111 cm³/mol. The number of H-pyrrole nitrogens is 1. The first-order valence-corrected chi connectivity index (χ1v) is 10.1. The molecule has 1 unspecified atom stereocenters. The van der Waals surface area contributed by atoms with Gasteiger partial charge in [0.2, 0.25) is 5.95 Å². The number of rotatable bonds is 5. The van der Waals surface area contributed by atoms with Crippen molar-refractivity contribution in [2.45, 2.75) is 18.9 Å². The maximum absolute atomic E-state index is 12.5. The van der Waals surface area contributed by atoms with Crippen molar-refractivity contribution >= 4 is 39.6 Å². The lowest BCUT2D eigenvalue weighted by Crippen LogP contribution is -2.38. The lowest BCUT2D eigenvalue weighted by molar-refractivity contribution is 0.122. The summed E-state index contributed by atoms with van der Waals surface area (Å²) in [5.41, 5.74) is 7.24. The van der Waals surface area contributed by atoms with E-state index in [0.29, 0.717) is 37.9 Å². The first-order chi connectivity index (χ1) is 13.5. The lowest BCUT2D eigenvalue weighted by Gasteiger charge is -2.27. The average Bonchev–Trinajstić information content (AvgIpc) is 3.53. The van der Waals surface area contributed by atoms with Crippen LogP contribution >= 0.6 is 15.9 Å². The van der Waals surface area contributed by atoms with Gasteiger partial charge < -0.3 is 20.5 Å². The molecule has 1 aliphatic heterocycles. The summed E-state index contributed by atoms with van der Waals surface area (Å²) in [5, 5.41) is 10.5. The minimum Gasteiger partial charge on any atom is -0.388 e. The third-order valence-corrected chi connectivity index (χ3v) is 5.49. The van der Waals surface area contributed by atoms with E-state index in [1.54, 1.807) is 6.07 Å². The second kappa shape index (κ2) is 8.02. The van der Waals surface area contributed by atoms with Crippen molar-refractivity contribution in [1.82, 2.24) is 9.97 Å². The number of nitrogens with two attached hydrogens (primary N) is 1. The van der Waals surface area contributed by atoms with Crippen molar-refractivity contribution in [3.63, 3.8) is 0 Å².